The van der Waals surface area contributed by atoms with Gasteiger partial charge in [-0.05, 0) is 54.7 Å². The third-order valence-corrected chi connectivity index (χ3v) is 6.76. The second-order valence-electron chi connectivity index (χ2n) is 9.02. The molecule has 8 heteroatoms. The van der Waals surface area contributed by atoms with Gasteiger partial charge in [-0.2, -0.15) is 0 Å². The Morgan fingerprint density at radius 3 is 2.63 bits per heavy atom. The fourth-order valence-electron chi connectivity index (χ4n) is 4.67. The summed E-state index contributed by atoms with van der Waals surface area (Å²) >= 11 is 0. The van der Waals surface area contributed by atoms with Gasteiger partial charge in [-0.15, -0.1) is 0 Å². The third-order valence-electron chi connectivity index (χ3n) is 6.76. The van der Waals surface area contributed by atoms with Crippen LogP contribution in [0, 0.1) is 23.5 Å². The van der Waals surface area contributed by atoms with Crippen LogP contribution >= 0.6 is 0 Å². The lowest BCUT2D eigenvalue weighted by molar-refractivity contribution is -0.142. The molecule has 1 aliphatic carbocycles. The van der Waals surface area contributed by atoms with E-state index >= 15 is 4.39 Å². The van der Waals surface area contributed by atoms with E-state index in [1.54, 1.807) is 43.3 Å². The first-order valence-corrected chi connectivity index (χ1v) is 11.5. The van der Waals surface area contributed by atoms with Crippen LogP contribution in [0.2, 0.25) is 0 Å². The van der Waals surface area contributed by atoms with Crippen LogP contribution in [0.4, 0.5) is 8.78 Å². The first-order valence-electron chi connectivity index (χ1n) is 11.5. The standard InChI is InChI=1S/C27H25F2NO5/c1-14(27(31)32)24(15-3-4-15)18-7-10-22-26(25(18)29)35-23(13-34-22)21-9-5-16(12-30-21)19-11-17(33-2)6-8-20(19)28/h5-12,14-15,23-24H,3-4,13H2,1-2H3,(H,31,32)/t14-,23?,24?/m0/s1. The SMILES string of the molecule is COc1ccc(F)c(-c2ccc(C3COc4ccc(C(C5CC5)[C@H](C)C(=O)O)c(F)c4O3)nc2)c1. The van der Waals surface area contributed by atoms with Crippen LogP contribution in [-0.4, -0.2) is 29.8 Å². The minimum Gasteiger partial charge on any atom is -0.497 e. The van der Waals surface area contributed by atoms with Gasteiger partial charge >= 0.3 is 5.97 Å². The molecule has 6 nitrogen and oxygen atoms in total. The van der Waals surface area contributed by atoms with Crippen LogP contribution in [0.1, 0.15) is 43.0 Å². The lowest BCUT2D eigenvalue weighted by Gasteiger charge is -2.29. The minimum absolute atomic E-state index is 0.0355. The summed E-state index contributed by atoms with van der Waals surface area (Å²) in [4.78, 5) is 16.1. The van der Waals surface area contributed by atoms with Crippen LogP contribution < -0.4 is 14.2 Å². The Kier molecular flexibility index (Phi) is 6.05. The second-order valence-corrected chi connectivity index (χ2v) is 9.02. The number of carboxylic acid groups (broad SMARTS) is 1. The lowest BCUT2D eigenvalue weighted by atomic mass is 9.83. The van der Waals surface area contributed by atoms with E-state index in [1.807, 2.05) is 0 Å². The van der Waals surface area contributed by atoms with E-state index in [0.29, 0.717) is 28.1 Å². The van der Waals surface area contributed by atoms with E-state index in [4.69, 9.17) is 14.2 Å². The predicted octanol–water partition coefficient (Wildman–Crippen LogP) is 5.76. The van der Waals surface area contributed by atoms with E-state index in [0.717, 1.165) is 12.8 Å². The summed E-state index contributed by atoms with van der Waals surface area (Å²) in [6.07, 6.45) is 2.61. The van der Waals surface area contributed by atoms with E-state index in [2.05, 4.69) is 4.98 Å². The number of hydrogen-bond donors (Lipinski definition) is 1. The summed E-state index contributed by atoms with van der Waals surface area (Å²) in [7, 11) is 1.51. The summed E-state index contributed by atoms with van der Waals surface area (Å²) in [6, 6.07) is 11.1. The van der Waals surface area contributed by atoms with Crippen molar-refractivity contribution in [1.82, 2.24) is 4.98 Å². The number of benzene rings is 2. The third kappa shape index (κ3) is 4.40. The number of rotatable bonds is 7. The Morgan fingerprint density at radius 2 is 1.97 bits per heavy atom. The van der Waals surface area contributed by atoms with Crippen LogP contribution in [0.25, 0.3) is 11.1 Å². The van der Waals surface area contributed by atoms with Gasteiger partial charge in [0, 0.05) is 23.2 Å². The minimum atomic E-state index is -0.953. The van der Waals surface area contributed by atoms with Crippen LogP contribution in [0.3, 0.4) is 0 Å². The number of aromatic nitrogens is 1. The van der Waals surface area contributed by atoms with Crippen molar-refractivity contribution < 1.29 is 32.9 Å². The van der Waals surface area contributed by atoms with Crippen molar-refractivity contribution in [3.8, 4) is 28.4 Å². The lowest BCUT2D eigenvalue weighted by Crippen LogP contribution is -2.25. The number of methoxy groups -OCH3 is 1. The number of fused-ring (bicyclic) bond motifs is 1. The van der Waals surface area contributed by atoms with Gasteiger partial charge in [0.2, 0.25) is 0 Å². The normalized spacial score (nSPS) is 18.6. The first-order chi connectivity index (χ1) is 16.9. The van der Waals surface area contributed by atoms with Gasteiger partial charge < -0.3 is 19.3 Å². The maximum Gasteiger partial charge on any atom is 0.306 e. The molecule has 3 atom stereocenters. The molecule has 1 saturated carbocycles. The smallest absolute Gasteiger partial charge is 0.306 e. The monoisotopic (exact) mass is 481 g/mol. The van der Waals surface area contributed by atoms with Crippen molar-refractivity contribution in [1.29, 1.82) is 0 Å². The van der Waals surface area contributed by atoms with E-state index in [1.165, 1.54) is 19.4 Å². The highest BCUT2D eigenvalue weighted by Gasteiger charge is 2.41. The fourth-order valence-corrected chi connectivity index (χ4v) is 4.67. The summed E-state index contributed by atoms with van der Waals surface area (Å²) in [5.74, 6) is -2.19. The zero-order valence-electron chi connectivity index (χ0n) is 19.3. The zero-order valence-corrected chi connectivity index (χ0v) is 19.3. The van der Waals surface area contributed by atoms with Gasteiger partial charge in [0.1, 0.15) is 18.2 Å². The maximum atomic E-state index is 15.6. The topological polar surface area (TPSA) is 77.9 Å². The number of carboxylic acids is 1. The van der Waals surface area contributed by atoms with Gasteiger partial charge in [0.25, 0.3) is 0 Å². The maximum absolute atomic E-state index is 15.6. The van der Waals surface area contributed by atoms with Crippen molar-refractivity contribution in [2.75, 3.05) is 13.7 Å². The molecular formula is C27H25F2NO5. The van der Waals surface area contributed by atoms with E-state index in [9.17, 15) is 14.3 Å². The molecule has 1 aliphatic heterocycles. The quantitative estimate of drug-likeness (QED) is 0.462. The molecule has 1 N–H and O–H groups in total. The zero-order chi connectivity index (χ0) is 24.7. The Labute approximate surface area is 201 Å². The fraction of sp³-hybridized carbons (Fsp3) is 0.333. The average Bonchev–Trinajstić information content (AvgIpc) is 3.71. The van der Waals surface area contributed by atoms with Crippen LogP contribution in [-0.2, 0) is 4.79 Å². The molecule has 2 heterocycles. The van der Waals surface area contributed by atoms with Crippen molar-refractivity contribution in [3.63, 3.8) is 0 Å². The molecule has 35 heavy (non-hydrogen) atoms. The van der Waals surface area contributed by atoms with Gasteiger partial charge in [-0.1, -0.05) is 19.1 Å². The molecular weight excluding hydrogens is 456 g/mol. The van der Waals surface area contributed by atoms with Gasteiger partial charge in [-0.3, -0.25) is 9.78 Å². The van der Waals surface area contributed by atoms with Gasteiger partial charge in [0.05, 0.1) is 18.7 Å². The highest BCUT2D eigenvalue weighted by molar-refractivity contribution is 5.71. The number of nitrogens with zero attached hydrogens (tertiary/aromatic N) is 1. The summed E-state index contributed by atoms with van der Waals surface area (Å²) < 4.78 is 46.9. The molecule has 182 valence electrons. The van der Waals surface area contributed by atoms with Gasteiger partial charge in [0.15, 0.2) is 23.4 Å². The molecule has 5 rings (SSSR count). The van der Waals surface area contributed by atoms with Crippen LogP contribution in [0.5, 0.6) is 17.2 Å². The Hall–Kier alpha value is -3.68. The number of aliphatic carboxylic acids is 1. The molecule has 2 unspecified atom stereocenters. The van der Waals surface area contributed by atoms with Crippen LogP contribution in [0.15, 0.2) is 48.7 Å². The molecule has 2 aromatic carbocycles. The molecule has 0 amide bonds. The number of pyridine rings is 1. The number of hydrogen-bond acceptors (Lipinski definition) is 5. The van der Waals surface area contributed by atoms with E-state index < -0.39 is 35.5 Å². The van der Waals surface area contributed by atoms with Crippen molar-refractivity contribution in [3.05, 3.63) is 71.6 Å². The highest BCUT2D eigenvalue weighted by Crippen LogP contribution is 2.50. The van der Waals surface area contributed by atoms with Crippen molar-refractivity contribution >= 4 is 5.97 Å². The largest absolute Gasteiger partial charge is 0.497 e. The second kappa shape index (κ2) is 9.17. The molecule has 1 fully saturated rings. The van der Waals surface area contributed by atoms with Crippen molar-refractivity contribution in [2.24, 2.45) is 11.8 Å². The molecule has 0 bridgehead atoms. The summed E-state index contributed by atoms with van der Waals surface area (Å²) in [6.45, 7) is 1.74. The Bertz CT molecular complexity index is 1260. The Morgan fingerprint density at radius 1 is 1.17 bits per heavy atom. The highest BCUT2D eigenvalue weighted by atomic mass is 19.1. The molecule has 1 aromatic heterocycles. The summed E-state index contributed by atoms with van der Waals surface area (Å²) in [5, 5.41) is 9.54. The Balaban J connectivity index is 1.41. The van der Waals surface area contributed by atoms with E-state index in [-0.39, 0.29) is 24.0 Å². The molecule has 0 radical (unpaired) electrons. The summed E-state index contributed by atoms with van der Waals surface area (Å²) in [5.41, 5.74) is 1.75. The molecule has 3 aromatic rings. The number of carbonyl (C=O) groups is 1. The number of ether oxygens (including phenoxy) is 3. The number of halogens is 2. The average molecular weight is 481 g/mol. The van der Waals surface area contributed by atoms with Gasteiger partial charge in [-0.25, -0.2) is 8.78 Å². The predicted molar refractivity (Wildman–Crippen MR) is 124 cm³/mol. The molecule has 0 saturated heterocycles. The first kappa shape index (κ1) is 23.1. The van der Waals surface area contributed by atoms with Crippen molar-refractivity contribution in [2.45, 2.75) is 31.8 Å². The molecule has 0 spiro atoms. The molecule has 2 aliphatic rings.